The van der Waals surface area contributed by atoms with Gasteiger partial charge in [0.05, 0.1) is 17.7 Å². The molecule has 7 nitrogen and oxygen atoms in total. The Labute approximate surface area is 162 Å². The van der Waals surface area contributed by atoms with Crippen molar-refractivity contribution in [3.8, 4) is 0 Å². The number of hydrogen-bond acceptors (Lipinski definition) is 5. The third-order valence-corrected chi connectivity index (χ3v) is 5.29. The van der Waals surface area contributed by atoms with Gasteiger partial charge in [-0.25, -0.2) is 4.68 Å². The Hall–Kier alpha value is -2.93. The molecule has 28 heavy (non-hydrogen) atoms. The Kier molecular flexibility index (Phi) is 5.25. The van der Waals surface area contributed by atoms with E-state index in [0.717, 1.165) is 31.7 Å². The lowest BCUT2D eigenvalue weighted by atomic mass is 10.1. The molecule has 1 aliphatic heterocycles. The first-order valence-electron chi connectivity index (χ1n) is 9.74. The molecule has 1 unspecified atom stereocenters. The molecule has 1 amide bonds. The van der Waals surface area contributed by atoms with Crippen molar-refractivity contribution >= 4 is 16.7 Å². The van der Waals surface area contributed by atoms with Crippen LogP contribution < -0.4 is 10.9 Å². The molecule has 0 aliphatic carbocycles. The fourth-order valence-corrected chi connectivity index (χ4v) is 3.83. The molecule has 1 aliphatic rings. The number of carbonyl (C=O) groups excluding carboxylic acids is 1. The summed E-state index contributed by atoms with van der Waals surface area (Å²) in [5.41, 5.74) is 0.0943. The molecule has 1 atom stereocenters. The van der Waals surface area contributed by atoms with Crippen molar-refractivity contribution in [2.45, 2.75) is 32.4 Å². The van der Waals surface area contributed by atoms with E-state index >= 15 is 0 Å². The van der Waals surface area contributed by atoms with Crippen molar-refractivity contribution in [2.24, 2.45) is 0 Å². The first kappa shape index (κ1) is 18.4. The number of fused-ring (bicyclic) bond motifs is 1. The molecule has 7 heteroatoms. The lowest BCUT2D eigenvalue weighted by Gasteiger charge is -2.26. The van der Waals surface area contributed by atoms with Crippen LogP contribution in [0.15, 0.2) is 51.9 Å². The zero-order valence-electron chi connectivity index (χ0n) is 15.9. The van der Waals surface area contributed by atoms with E-state index in [1.54, 1.807) is 24.5 Å². The van der Waals surface area contributed by atoms with E-state index < -0.39 is 0 Å². The maximum atomic E-state index is 13.0. The molecule has 146 valence electrons. The fourth-order valence-electron chi connectivity index (χ4n) is 3.83. The first-order valence-corrected chi connectivity index (χ1v) is 9.74. The van der Waals surface area contributed by atoms with Gasteiger partial charge >= 0.3 is 0 Å². The number of aromatic nitrogens is 2. The lowest BCUT2D eigenvalue weighted by molar-refractivity contribution is 0.0928. The SMILES string of the molecule is CCn1nc(C(=O)NCC(c2ccco2)N2CCCC2)c2ccccc2c1=O. The maximum absolute atomic E-state index is 13.0. The molecular formula is C21H24N4O3. The van der Waals surface area contributed by atoms with Crippen LogP contribution >= 0.6 is 0 Å². The van der Waals surface area contributed by atoms with Crippen molar-refractivity contribution in [3.63, 3.8) is 0 Å². The summed E-state index contributed by atoms with van der Waals surface area (Å²) in [7, 11) is 0. The summed E-state index contributed by atoms with van der Waals surface area (Å²) in [6.07, 6.45) is 3.96. The van der Waals surface area contributed by atoms with Crippen molar-refractivity contribution in [2.75, 3.05) is 19.6 Å². The van der Waals surface area contributed by atoms with Crippen molar-refractivity contribution < 1.29 is 9.21 Å². The van der Waals surface area contributed by atoms with Crippen LogP contribution in [0.4, 0.5) is 0 Å². The highest BCUT2D eigenvalue weighted by Gasteiger charge is 2.26. The molecule has 0 bridgehead atoms. The third-order valence-electron chi connectivity index (χ3n) is 5.29. The van der Waals surface area contributed by atoms with Gasteiger partial charge in [0.25, 0.3) is 11.5 Å². The van der Waals surface area contributed by atoms with E-state index in [9.17, 15) is 9.59 Å². The van der Waals surface area contributed by atoms with Crippen LogP contribution in [0, 0.1) is 0 Å². The largest absolute Gasteiger partial charge is 0.468 e. The van der Waals surface area contributed by atoms with Crippen LogP contribution in [0.2, 0.25) is 0 Å². The second-order valence-electron chi connectivity index (χ2n) is 7.00. The number of carbonyl (C=O) groups is 1. The van der Waals surface area contributed by atoms with E-state index in [2.05, 4.69) is 15.3 Å². The average molecular weight is 380 g/mol. The molecular weight excluding hydrogens is 356 g/mol. The van der Waals surface area contributed by atoms with Gasteiger partial charge in [-0.2, -0.15) is 5.10 Å². The van der Waals surface area contributed by atoms with Gasteiger partial charge < -0.3 is 9.73 Å². The normalized spacial score (nSPS) is 15.8. The Morgan fingerprint density at radius 3 is 2.61 bits per heavy atom. The quantitative estimate of drug-likeness (QED) is 0.711. The van der Waals surface area contributed by atoms with Crippen LogP contribution in [-0.2, 0) is 6.54 Å². The monoisotopic (exact) mass is 380 g/mol. The number of aryl methyl sites for hydroxylation is 1. The second-order valence-corrected chi connectivity index (χ2v) is 7.00. The number of furan rings is 1. The van der Waals surface area contributed by atoms with Gasteiger partial charge in [-0.05, 0) is 51.1 Å². The van der Waals surface area contributed by atoms with E-state index in [4.69, 9.17) is 4.42 Å². The molecule has 1 saturated heterocycles. The average Bonchev–Trinajstić information content (AvgIpc) is 3.43. The minimum absolute atomic E-state index is 0.00945. The topological polar surface area (TPSA) is 80.4 Å². The number of amides is 1. The molecule has 3 aromatic rings. The molecule has 1 N–H and O–H groups in total. The number of nitrogens with one attached hydrogen (secondary N) is 1. The smallest absolute Gasteiger partial charge is 0.274 e. The Morgan fingerprint density at radius 1 is 1.18 bits per heavy atom. The number of hydrogen-bond donors (Lipinski definition) is 1. The summed E-state index contributed by atoms with van der Waals surface area (Å²) in [4.78, 5) is 27.8. The van der Waals surface area contributed by atoms with Crippen LogP contribution in [-0.4, -0.2) is 40.2 Å². The molecule has 1 fully saturated rings. The molecule has 1 aromatic carbocycles. The van der Waals surface area contributed by atoms with Gasteiger partial charge in [0.2, 0.25) is 0 Å². The predicted octanol–water partition coefficient (Wildman–Crippen LogP) is 2.58. The first-order chi connectivity index (χ1) is 13.7. The van der Waals surface area contributed by atoms with E-state index in [1.165, 1.54) is 4.68 Å². The van der Waals surface area contributed by atoms with Crippen LogP contribution in [0.5, 0.6) is 0 Å². The highest BCUT2D eigenvalue weighted by atomic mass is 16.3. The number of nitrogens with zero attached hydrogens (tertiary/aromatic N) is 3. The zero-order valence-corrected chi connectivity index (χ0v) is 15.9. The third kappa shape index (κ3) is 3.45. The summed E-state index contributed by atoms with van der Waals surface area (Å²) in [5, 5.41) is 8.40. The van der Waals surface area contributed by atoms with Crippen molar-refractivity contribution in [1.82, 2.24) is 20.0 Å². The van der Waals surface area contributed by atoms with Crippen molar-refractivity contribution in [1.29, 1.82) is 0 Å². The Bertz CT molecular complexity index is 1020. The summed E-state index contributed by atoms with van der Waals surface area (Å²) in [6.45, 7) is 4.65. The fraction of sp³-hybridized carbons (Fsp3) is 0.381. The molecule has 0 radical (unpaired) electrons. The maximum Gasteiger partial charge on any atom is 0.274 e. The zero-order chi connectivity index (χ0) is 19.5. The lowest BCUT2D eigenvalue weighted by Crippen LogP contribution is -2.37. The molecule has 4 rings (SSSR count). The molecule has 2 aromatic heterocycles. The van der Waals surface area contributed by atoms with E-state index in [1.807, 2.05) is 25.1 Å². The number of rotatable bonds is 6. The molecule has 0 saturated carbocycles. The Morgan fingerprint density at radius 2 is 1.93 bits per heavy atom. The van der Waals surface area contributed by atoms with Gasteiger partial charge in [0.1, 0.15) is 5.76 Å². The van der Waals surface area contributed by atoms with Gasteiger partial charge in [-0.15, -0.1) is 0 Å². The standard InChI is InChI=1S/C21H24N4O3/c1-2-25-21(27)16-9-4-3-8-15(16)19(23-25)20(26)22-14-17(18-10-7-13-28-18)24-11-5-6-12-24/h3-4,7-10,13,17H,2,5-6,11-12,14H2,1H3,(H,22,26). The minimum Gasteiger partial charge on any atom is -0.468 e. The second kappa shape index (κ2) is 7.98. The predicted molar refractivity (Wildman–Crippen MR) is 106 cm³/mol. The van der Waals surface area contributed by atoms with E-state index in [0.29, 0.717) is 23.9 Å². The van der Waals surface area contributed by atoms with Gasteiger partial charge in [-0.1, -0.05) is 18.2 Å². The van der Waals surface area contributed by atoms with Crippen LogP contribution in [0.1, 0.15) is 42.1 Å². The van der Waals surface area contributed by atoms with Crippen LogP contribution in [0.25, 0.3) is 10.8 Å². The highest BCUT2D eigenvalue weighted by molar-refractivity contribution is 6.04. The number of benzene rings is 1. The minimum atomic E-state index is -0.283. The van der Waals surface area contributed by atoms with Gasteiger partial charge in [0.15, 0.2) is 5.69 Å². The van der Waals surface area contributed by atoms with Gasteiger partial charge in [-0.3, -0.25) is 14.5 Å². The van der Waals surface area contributed by atoms with Crippen molar-refractivity contribution in [3.05, 3.63) is 64.5 Å². The Balaban J connectivity index is 1.61. The number of likely N-dealkylation sites (tertiary alicyclic amines) is 1. The summed E-state index contributed by atoms with van der Waals surface area (Å²) >= 11 is 0. The summed E-state index contributed by atoms with van der Waals surface area (Å²) < 4.78 is 6.95. The van der Waals surface area contributed by atoms with Crippen LogP contribution in [0.3, 0.4) is 0 Å². The highest BCUT2D eigenvalue weighted by Crippen LogP contribution is 2.25. The molecule has 3 heterocycles. The molecule has 0 spiro atoms. The van der Waals surface area contributed by atoms with Gasteiger partial charge in [0, 0.05) is 18.5 Å². The summed E-state index contributed by atoms with van der Waals surface area (Å²) in [5.74, 6) is 0.563. The summed E-state index contributed by atoms with van der Waals surface area (Å²) in [6, 6.07) is 10.9. The van der Waals surface area contributed by atoms with E-state index in [-0.39, 0.29) is 23.2 Å².